The highest BCUT2D eigenvalue weighted by atomic mass is 35.5. The van der Waals surface area contributed by atoms with Gasteiger partial charge in [0, 0.05) is 40.8 Å². The molecule has 0 saturated carbocycles. The van der Waals surface area contributed by atoms with Gasteiger partial charge < -0.3 is 23.7 Å². The second-order valence-electron chi connectivity index (χ2n) is 14.6. The molecule has 0 bridgehead atoms. The van der Waals surface area contributed by atoms with Crippen molar-refractivity contribution in [1.82, 2.24) is 15.1 Å². The molecule has 3 heterocycles. The second kappa shape index (κ2) is 13.1. The first-order valence-electron chi connectivity index (χ1n) is 15.5. The van der Waals surface area contributed by atoms with Gasteiger partial charge in [-0.25, -0.2) is 9.97 Å². The zero-order valence-corrected chi connectivity index (χ0v) is 30.1. The Morgan fingerprint density at radius 1 is 1.02 bits per heavy atom. The Balaban J connectivity index is 1.76. The molecule has 2 unspecified atom stereocenters. The number of aryl methyl sites for hydroxylation is 2. The number of nitrogens with one attached hydrogen (secondary N) is 1. The van der Waals surface area contributed by atoms with Crippen molar-refractivity contribution in [2.45, 2.75) is 112 Å². The maximum atomic E-state index is 6.73. The Morgan fingerprint density at radius 3 is 2.25 bits per heavy atom. The number of aromatic nitrogens is 3. The normalized spacial score (nSPS) is 16.6. The molecule has 1 saturated heterocycles. The summed E-state index contributed by atoms with van der Waals surface area (Å²) in [5.41, 5.74) is 3.84. The number of ether oxygens (including phenoxy) is 2. The fourth-order valence-electron chi connectivity index (χ4n) is 5.22. The smallest absolute Gasteiger partial charge is 0.192 e. The number of anilines is 1. The number of benzene rings is 1. The summed E-state index contributed by atoms with van der Waals surface area (Å²) in [6.45, 7) is 29.3. The van der Waals surface area contributed by atoms with Crippen molar-refractivity contribution in [3.63, 3.8) is 0 Å². The number of halogens is 1. The molecule has 1 aliphatic rings. The molecule has 2 aromatic heterocycles. The lowest BCUT2D eigenvalue weighted by atomic mass is 9.86. The predicted molar refractivity (Wildman–Crippen MR) is 181 cm³/mol. The highest BCUT2D eigenvalue weighted by molar-refractivity contribution is 6.74. The first kappa shape index (κ1) is 34.4. The molecule has 0 amide bonds. The highest BCUT2D eigenvalue weighted by Gasteiger charge is 2.42. The van der Waals surface area contributed by atoms with Crippen LogP contribution in [0.3, 0.4) is 0 Å². The van der Waals surface area contributed by atoms with Crippen molar-refractivity contribution in [2.75, 3.05) is 18.5 Å². The van der Waals surface area contributed by atoms with Crippen LogP contribution in [-0.2, 0) is 9.16 Å². The van der Waals surface area contributed by atoms with Crippen LogP contribution >= 0.6 is 11.6 Å². The van der Waals surface area contributed by atoms with E-state index in [0.717, 1.165) is 60.0 Å². The molecule has 1 aromatic carbocycles. The molecule has 0 aliphatic carbocycles. The maximum absolute atomic E-state index is 6.73. The molecule has 1 fully saturated rings. The molecule has 1 aliphatic heterocycles. The van der Waals surface area contributed by atoms with Crippen LogP contribution in [0.1, 0.15) is 71.4 Å². The van der Waals surface area contributed by atoms with Crippen molar-refractivity contribution < 1.29 is 18.4 Å². The minimum absolute atomic E-state index is 0.0483. The van der Waals surface area contributed by atoms with E-state index >= 15 is 0 Å². The molecule has 8 nitrogen and oxygen atoms in total. The molecular formula is C34H50ClN4O4Si. The molecule has 241 valence electrons. The molecule has 4 rings (SSSR count). The van der Waals surface area contributed by atoms with Gasteiger partial charge in [0.1, 0.15) is 23.4 Å². The number of rotatable bonds is 9. The van der Waals surface area contributed by atoms with E-state index in [4.69, 9.17) is 40.0 Å². The van der Waals surface area contributed by atoms with Gasteiger partial charge in [-0.2, -0.15) is 0 Å². The summed E-state index contributed by atoms with van der Waals surface area (Å²) in [7, 11) is -2.09. The summed E-state index contributed by atoms with van der Waals surface area (Å²) >= 11 is 6.73. The van der Waals surface area contributed by atoms with Crippen molar-refractivity contribution in [3.05, 3.63) is 47.2 Å². The Hall–Kier alpha value is -2.46. The summed E-state index contributed by atoms with van der Waals surface area (Å²) in [5.74, 6) is 2.62. The Bertz CT molecular complexity index is 1440. The molecule has 1 N–H and O–H groups in total. The monoisotopic (exact) mass is 641 g/mol. The molecule has 44 heavy (non-hydrogen) atoms. The van der Waals surface area contributed by atoms with Crippen LogP contribution < -0.4 is 10.1 Å². The van der Waals surface area contributed by atoms with Crippen LogP contribution in [-0.4, -0.2) is 54.9 Å². The van der Waals surface area contributed by atoms with Crippen LogP contribution in [0.25, 0.3) is 22.6 Å². The highest BCUT2D eigenvalue weighted by Crippen LogP contribution is 2.40. The molecular weight excluding hydrogens is 592 g/mol. The van der Waals surface area contributed by atoms with Gasteiger partial charge in [-0.1, -0.05) is 58.3 Å². The van der Waals surface area contributed by atoms with Crippen LogP contribution in [0.15, 0.2) is 22.7 Å². The zero-order chi connectivity index (χ0) is 32.6. The molecule has 10 heteroatoms. The average molecular weight is 642 g/mol. The minimum atomic E-state index is -2.09. The van der Waals surface area contributed by atoms with Crippen molar-refractivity contribution >= 4 is 25.7 Å². The van der Waals surface area contributed by atoms with Gasteiger partial charge >= 0.3 is 0 Å². The number of hydrogen-bond donors (Lipinski definition) is 1. The second-order valence-corrected chi connectivity index (χ2v) is 19.8. The molecule has 0 spiro atoms. The van der Waals surface area contributed by atoms with Gasteiger partial charge in [0.25, 0.3) is 0 Å². The molecule has 3 aromatic rings. The van der Waals surface area contributed by atoms with E-state index in [2.05, 4.69) is 72.0 Å². The van der Waals surface area contributed by atoms with Crippen molar-refractivity contribution in [1.29, 1.82) is 0 Å². The zero-order valence-electron chi connectivity index (χ0n) is 28.4. The lowest BCUT2D eigenvalue weighted by molar-refractivity contribution is 0.000984. The average Bonchev–Trinajstić information content (AvgIpc) is 3.24. The summed E-state index contributed by atoms with van der Waals surface area (Å²) in [6, 6.07) is 5.90. The SMILES string of the molecule is [CH2]C(O[Si](C)(C)C(C)(C)C)C(Oc1cc(Cl)cc(-c2nc(NC3CCOCC3)c(C)c(-c3c(C)noc3C)n2)c1)C(C)(C)C. The van der Waals surface area contributed by atoms with Crippen LogP contribution in [0.5, 0.6) is 5.75 Å². The van der Waals surface area contributed by atoms with E-state index in [-0.39, 0.29) is 28.7 Å². The third kappa shape index (κ3) is 7.84. The number of nitrogens with zero attached hydrogens (tertiary/aromatic N) is 3. The van der Waals surface area contributed by atoms with Gasteiger partial charge in [-0.05, 0) is 76.9 Å². The van der Waals surface area contributed by atoms with Gasteiger partial charge in [0.05, 0.1) is 23.1 Å². The van der Waals surface area contributed by atoms with Crippen molar-refractivity contribution in [2.24, 2.45) is 5.41 Å². The molecule has 2 atom stereocenters. The van der Waals surface area contributed by atoms with Crippen molar-refractivity contribution in [3.8, 4) is 28.4 Å². The maximum Gasteiger partial charge on any atom is 0.192 e. The lowest BCUT2D eigenvalue weighted by Gasteiger charge is -2.43. The number of hydrogen-bond acceptors (Lipinski definition) is 8. The summed E-state index contributed by atoms with van der Waals surface area (Å²) in [4.78, 5) is 10.1. The minimum Gasteiger partial charge on any atom is -0.487 e. The van der Waals surface area contributed by atoms with E-state index in [9.17, 15) is 0 Å². The van der Waals surface area contributed by atoms with Crippen LogP contribution in [0.4, 0.5) is 5.82 Å². The topological polar surface area (TPSA) is 91.5 Å². The third-order valence-corrected chi connectivity index (χ3v) is 13.5. The van der Waals surface area contributed by atoms with E-state index < -0.39 is 8.32 Å². The fraction of sp³-hybridized carbons (Fsp3) is 0.588. The van der Waals surface area contributed by atoms with E-state index in [0.29, 0.717) is 22.4 Å². The van der Waals surface area contributed by atoms with Gasteiger partial charge in [0.2, 0.25) is 0 Å². The third-order valence-electron chi connectivity index (χ3n) is 8.81. The van der Waals surface area contributed by atoms with Crippen LogP contribution in [0.2, 0.25) is 23.2 Å². The first-order valence-corrected chi connectivity index (χ1v) is 18.8. The standard InChI is InChI=1S/C34H50ClN4O4Si/c1-20-29(28-21(2)39-42-22(28)3)37-32(38-31(20)36-26-13-15-40-16-14-26)24-17-25(35)19-27(18-24)41-30(33(5,6)7)23(4)43-44(11,12)34(8,9)10/h17-19,23,26,30H,4,13-16H2,1-3,5-12H3,(H,36,37,38). The summed E-state index contributed by atoms with van der Waals surface area (Å²) < 4.78 is 24.5. The van der Waals surface area contributed by atoms with Gasteiger partial charge in [0.15, 0.2) is 14.1 Å². The Labute approximate surface area is 269 Å². The first-order chi connectivity index (χ1) is 20.4. The molecule has 1 radical (unpaired) electrons. The van der Waals surface area contributed by atoms with Crippen LogP contribution in [0, 0.1) is 33.1 Å². The summed E-state index contributed by atoms with van der Waals surface area (Å²) in [5, 5.41) is 8.43. The van der Waals surface area contributed by atoms with E-state index in [1.54, 1.807) is 0 Å². The van der Waals surface area contributed by atoms with Gasteiger partial charge in [-0.15, -0.1) is 0 Å². The predicted octanol–water partition coefficient (Wildman–Crippen LogP) is 8.99. The van der Waals surface area contributed by atoms with E-state index in [1.165, 1.54) is 0 Å². The quantitative estimate of drug-likeness (QED) is 0.231. The van der Waals surface area contributed by atoms with Gasteiger partial charge in [-0.3, -0.25) is 0 Å². The Morgan fingerprint density at radius 2 is 1.68 bits per heavy atom. The largest absolute Gasteiger partial charge is 0.487 e. The fourth-order valence-corrected chi connectivity index (χ4v) is 6.68. The summed E-state index contributed by atoms with van der Waals surface area (Å²) in [6.07, 6.45) is 1.11. The lowest BCUT2D eigenvalue weighted by Crippen LogP contribution is -2.50. The van der Waals surface area contributed by atoms with E-state index in [1.807, 2.05) is 39.0 Å². The Kier molecular flexibility index (Phi) is 10.2.